The molecule has 0 bridgehead atoms. The highest BCUT2D eigenvalue weighted by Gasteiger charge is 2.17. The Morgan fingerprint density at radius 2 is 2.07 bits per heavy atom. The zero-order valence-corrected chi connectivity index (χ0v) is 9.00. The zero-order valence-electron chi connectivity index (χ0n) is 9.00. The standard InChI is InChI=1S/C11H15NO3/c1-3-13-9-5-11-10(14-7-15-11)4-8(9)6-12-2/h4-5,12H,3,6-7H2,1-2H3. The second kappa shape index (κ2) is 4.40. The molecule has 0 unspecified atom stereocenters. The summed E-state index contributed by atoms with van der Waals surface area (Å²) in [5.41, 5.74) is 1.09. The molecule has 0 saturated carbocycles. The lowest BCUT2D eigenvalue weighted by Crippen LogP contribution is -2.07. The summed E-state index contributed by atoms with van der Waals surface area (Å²) >= 11 is 0. The first-order valence-corrected chi connectivity index (χ1v) is 5.05. The molecule has 15 heavy (non-hydrogen) atoms. The monoisotopic (exact) mass is 209 g/mol. The van der Waals surface area contributed by atoms with Crippen LogP contribution in [0.5, 0.6) is 17.2 Å². The van der Waals surface area contributed by atoms with E-state index in [9.17, 15) is 0 Å². The van der Waals surface area contributed by atoms with Gasteiger partial charge in [0.05, 0.1) is 6.61 Å². The van der Waals surface area contributed by atoms with E-state index >= 15 is 0 Å². The molecule has 0 aromatic heterocycles. The number of nitrogens with one attached hydrogen (secondary N) is 1. The highest BCUT2D eigenvalue weighted by atomic mass is 16.7. The van der Waals surface area contributed by atoms with Crippen LogP contribution in [0, 0.1) is 0 Å². The fourth-order valence-corrected chi connectivity index (χ4v) is 1.58. The molecular weight excluding hydrogens is 194 g/mol. The SMILES string of the molecule is CCOc1cc2c(cc1CNC)OCO2. The van der Waals surface area contributed by atoms with Crippen molar-refractivity contribution in [1.29, 1.82) is 0 Å². The van der Waals surface area contributed by atoms with Gasteiger partial charge in [0.15, 0.2) is 11.5 Å². The summed E-state index contributed by atoms with van der Waals surface area (Å²) in [5.74, 6) is 2.41. The lowest BCUT2D eigenvalue weighted by molar-refractivity contribution is 0.173. The lowest BCUT2D eigenvalue weighted by atomic mass is 10.1. The third-order valence-corrected chi connectivity index (χ3v) is 2.22. The van der Waals surface area contributed by atoms with E-state index in [0.29, 0.717) is 13.4 Å². The van der Waals surface area contributed by atoms with Crippen LogP contribution in [0.25, 0.3) is 0 Å². The Bertz CT molecular complexity index is 319. The van der Waals surface area contributed by atoms with Gasteiger partial charge in [-0.2, -0.15) is 0 Å². The predicted molar refractivity (Wildman–Crippen MR) is 56.5 cm³/mol. The van der Waals surface area contributed by atoms with E-state index in [1.54, 1.807) is 0 Å². The molecule has 0 saturated heterocycles. The summed E-state index contributed by atoms with van der Waals surface area (Å²) in [7, 11) is 1.90. The van der Waals surface area contributed by atoms with Crippen LogP contribution in [0.3, 0.4) is 0 Å². The fourth-order valence-electron chi connectivity index (χ4n) is 1.58. The molecule has 1 aliphatic heterocycles. The Morgan fingerprint density at radius 3 is 2.73 bits per heavy atom. The molecule has 4 heteroatoms. The topological polar surface area (TPSA) is 39.7 Å². The number of hydrogen-bond acceptors (Lipinski definition) is 4. The van der Waals surface area contributed by atoms with E-state index in [0.717, 1.165) is 29.4 Å². The number of rotatable bonds is 4. The maximum absolute atomic E-state index is 5.54. The van der Waals surface area contributed by atoms with Crippen molar-refractivity contribution in [3.63, 3.8) is 0 Å². The first kappa shape index (κ1) is 10.1. The summed E-state index contributed by atoms with van der Waals surface area (Å²) in [6.45, 7) is 3.67. The molecule has 0 radical (unpaired) electrons. The normalized spacial score (nSPS) is 12.9. The molecule has 1 aliphatic rings. The third kappa shape index (κ3) is 1.99. The van der Waals surface area contributed by atoms with E-state index in [1.807, 2.05) is 26.1 Å². The number of benzene rings is 1. The van der Waals surface area contributed by atoms with Gasteiger partial charge in [-0.25, -0.2) is 0 Å². The molecule has 0 spiro atoms. The minimum absolute atomic E-state index is 0.296. The number of fused-ring (bicyclic) bond motifs is 1. The van der Waals surface area contributed by atoms with Gasteiger partial charge in [-0.1, -0.05) is 0 Å². The summed E-state index contributed by atoms with van der Waals surface area (Å²) in [6.07, 6.45) is 0. The van der Waals surface area contributed by atoms with Crippen LogP contribution < -0.4 is 19.5 Å². The van der Waals surface area contributed by atoms with Crippen molar-refractivity contribution in [3.8, 4) is 17.2 Å². The Hall–Kier alpha value is -1.42. The largest absolute Gasteiger partial charge is 0.493 e. The van der Waals surface area contributed by atoms with Gasteiger partial charge in [0, 0.05) is 18.2 Å². The molecule has 1 aromatic rings. The van der Waals surface area contributed by atoms with E-state index in [1.165, 1.54) is 0 Å². The van der Waals surface area contributed by atoms with Crippen molar-refractivity contribution in [1.82, 2.24) is 5.32 Å². The van der Waals surface area contributed by atoms with Gasteiger partial charge in [0.1, 0.15) is 5.75 Å². The van der Waals surface area contributed by atoms with Crippen LogP contribution in [-0.2, 0) is 6.54 Å². The van der Waals surface area contributed by atoms with Crippen LogP contribution in [0.2, 0.25) is 0 Å². The Balaban J connectivity index is 2.33. The third-order valence-electron chi connectivity index (χ3n) is 2.22. The number of ether oxygens (including phenoxy) is 3. The Kier molecular flexibility index (Phi) is 2.97. The minimum atomic E-state index is 0.296. The Morgan fingerprint density at radius 1 is 1.33 bits per heavy atom. The fraction of sp³-hybridized carbons (Fsp3) is 0.455. The quantitative estimate of drug-likeness (QED) is 0.816. The zero-order chi connectivity index (χ0) is 10.7. The van der Waals surface area contributed by atoms with Crippen molar-refractivity contribution >= 4 is 0 Å². The average Bonchev–Trinajstić information content (AvgIpc) is 2.66. The van der Waals surface area contributed by atoms with Crippen molar-refractivity contribution < 1.29 is 14.2 Å². The van der Waals surface area contributed by atoms with E-state index in [4.69, 9.17) is 14.2 Å². The van der Waals surface area contributed by atoms with Gasteiger partial charge >= 0.3 is 0 Å². The van der Waals surface area contributed by atoms with Crippen molar-refractivity contribution in [3.05, 3.63) is 17.7 Å². The molecule has 0 fully saturated rings. The van der Waals surface area contributed by atoms with E-state index in [-0.39, 0.29) is 0 Å². The average molecular weight is 209 g/mol. The molecule has 82 valence electrons. The highest BCUT2D eigenvalue weighted by molar-refractivity contribution is 5.51. The smallest absolute Gasteiger partial charge is 0.231 e. The molecule has 0 amide bonds. The number of hydrogen-bond donors (Lipinski definition) is 1. The highest BCUT2D eigenvalue weighted by Crippen LogP contribution is 2.38. The second-order valence-electron chi connectivity index (χ2n) is 3.28. The first-order chi connectivity index (χ1) is 7.35. The molecule has 0 atom stereocenters. The van der Waals surface area contributed by atoms with Gasteiger partial charge in [-0.05, 0) is 20.0 Å². The minimum Gasteiger partial charge on any atom is -0.493 e. The summed E-state index contributed by atoms with van der Waals surface area (Å²) < 4.78 is 16.1. The van der Waals surface area contributed by atoms with Crippen molar-refractivity contribution in [2.45, 2.75) is 13.5 Å². The van der Waals surface area contributed by atoms with Crippen LogP contribution in [0.15, 0.2) is 12.1 Å². The maximum Gasteiger partial charge on any atom is 0.231 e. The molecular formula is C11H15NO3. The van der Waals surface area contributed by atoms with Crippen LogP contribution in [0.1, 0.15) is 12.5 Å². The second-order valence-corrected chi connectivity index (χ2v) is 3.28. The van der Waals surface area contributed by atoms with Crippen molar-refractivity contribution in [2.75, 3.05) is 20.4 Å². The Labute approximate surface area is 89.1 Å². The van der Waals surface area contributed by atoms with E-state index < -0.39 is 0 Å². The molecule has 1 aromatic carbocycles. The van der Waals surface area contributed by atoms with Gasteiger partial charge in [0.25, 0.3) is 0 Å². The molecule has 1 heterocycles. The molecule has 1 N–H and O–H groups in total. The van der Waals surface area contributed by atoms with E-state index in [2.05, 4.69) is 5.32 Å². The van der Waals surface area contributed by atoms with Crippen LogP contribution in [-0.4, -0.2) is 20.4 Å². The van der Waals surface area contributed by atoms with Crippen LogP contribution in [0.4, 0.5) is 0 Å². The predicted octanol–water partition coefficient (Wildman–Crippen LogP) is 1.53. The lowest BCUT2D eigenvalue weighted by Gasteiger charge is -2.10. The van der Waals surface area contributed by atoms with Gasteiger partial charge in [-0.15, -0.1) is 0 Å². The summed E-state index contributed by atoms with van der Waals surface area (Å²) in [4.78, 5) is 0. The summed E-state index contributed by atoms with van der Waals surface area (Å²) in [5, 5.41) is 3.10. The first-order valence-electron chi connectivity index (χ1n) is 5.05. The van der Waals surface area contributed by atoms with Gasteiger partial charge in [0.2, 0.25) is 6.79 Å². The van der Waals surface area contributed by atoms with Gasteiger partial charge in [-0.3, -0.25) is 0 Å². The van der Waals surface area contributed by atoms with Gasteiger partial charge < -0.3 is 19.5 Å². The van der Waals surface area contributed by atoms with Crippen molar-refractivity contribution in [2.24, 2.45) is 0 Å². The molecule has 0 aliphatic carbocycles. The molecule has 2 rings (SSSR count). The molecule has 4 nitrogen and oxygen atoms in total. The summed E-state index contributed by atoms with van der Waals surface area (Å²) in [6, 6.07) is 3.85. The van der Waals surface area contributed by atoms with Crippen LogP contribution >= 0.6 is 0 Å². The maximum atomic E-state index is 5.54.